The molecule has 0 saturated carbocycles. The minimum Gasteiger partial charge on any atom is -0.389 e. The fourth-order valence-corrected chi connectivity index (χ4v) is 2.64. The molecule has 1 aromatic rings. The van der Waals surface area contributed by atoms with Crippen LogP contribution in [-0.2, 0) is 0 Å². The van der Waals surface area contributed by atoms with Gasteiger partial charge in [-0.1, -0.05) is 6.07 Å². The van der Waals surface area contributed by atoms with E-state index in [1.54, 1.807) is 6.92 Å². The molecular weight excluding hydrogens is 238 g/mol. The zero-order chi connectivity index (χ0) is 14.0. The number of pyridine rings is 1. The monoisotopic (exact) mass is 263 g/mol. The number of nitrogens with zero attached hydrogens (tertiary/aromatic N) is 3. The molecule has 106 valence electrons. The molecule has 4 nitrogen and oxygen atoms in total. The van der Waals surface area contributed by atoms with Gasteiger partial charge in [-0.2, -0.15) is 0 Å². The Morgan fingerprint density at radius 1 is 1.11 bits per heavy atom. The van der Waals surface area contributed by atoms with Crippen molar-refractivity contribution in [2.24, 2.45) is 0 Å². The standard InChI is InChI=1S/C15H25N3O/c1-11(2)17-7-9-18(10-8-17)15-6-5-14(13(4)19)12(3)16-15/h5-6,11,13,19H,7-10H2,1-4H3/t13-/m1/s1. The Hall–Kier alpha value is -1.13. The van der Waals surface area contributed by atoms with Crippen molar-refractivity contribution in [3.05, 3.63) is 23.4 Å². The molecule has 2 heterocycles. The Labute approximate surface area is 116 Å². The summed E-state index contributed by atoms with van der Waals surface area (Å²) in [5.41, 5.74) is 1.85. The zero-order valence-electron chi connectivity index (χ0n) is 12.4. The van der Waals surface area contributed by atoms with E-state index in [2.05, 4.69) is 28.6 Å². The summed E-state index contributed by atoms with van der Waals surface area (Å²) >= 11 is 0. The zero-order valence-corrected chi connectivity index (χ0v) is 12.4. The lowest BCUT2D eigenvalue weighted by molar-refractivity contribution is 0.198. The lowest BCUT2D eigenvalue weighted by Gasteiger charge is -2.37. The van der Waals surface area contributed by atoms with Gasteiger partial charge >= 0.3 is 0 Å². The van der Waals surface area contributed by atoms with Gasteiger partial charge in [0, 0.05) is 43.5 Å². The largest absolute Gasteiger partial charge is 0.389 e. The molecule has 0 spiro atoms. The van der Waals surface area contributed by atoms with Crippen molar-refractivity contribution < 1.29 is 5.11 Å². The summed E-state index contributed by atoms with van der Waals surface area (Å²) in [6.07, 6.45) is -0.445. The van der Waals surface area contributed by atoms with Gasteiger partial charge in [-0.3, -0.25) is 4.90 Å². The quantitative estimate of drug-likeness (QED) is 0.905. The number of aliphatic hydroxyl groups is 1. The molecule has 1 N–H and O–H groups in total. The van der Waals surface area contributed by atoms with Crippen LogP contribution in [0.25, 0.3) is 0 Å². The first-order chi connectivity index (χ1) is 8.99. The van der Waals surface area contributed by atoms with Crippen LogP contribution in [0.2, 0.25) is 0 Å². The molecule has 0 aromatic carbocycles. The van der Waals surface area contributed by atoms with Gasteiger partial charge in [-0.25, -0.2) is 4.98 Å². The molecule has 1 saturated heterocycles. The van der Waals surface area contributed by atoms with Crippen molar-refractivity contribution in [1.29, 1.82) is 0 Å². The average Bonchev–Trinajstić information content (AvgIpc) is 2.38. The van der Waals surface area contributed by atoms with Crippen LogP contribution < -0.4 is 4.90 Å². The van der Waals surface area contributed by atoms with Crippen molar-refractivity contribution in [2.45, 2.75) is 39.8 Å². The van der Waals surface area contributed by atoms with Crippen molar-refractivity contribution in [3.63, 3.8) is 0 Å². The molecule has 4 heteroatoms. The first-order valence-electron chi connectivity index (χ1n) is 7.13. The Morgan fingerprint density at radius 3 is 2.21 bits per heavy atom. The normalized spacial score (nSPS) is 18.9. The molecule has 0 unspecified atom stereocenters. The number of hydrogen-bond acceptors (Lipinski definition) is 4. The summed E-state index contributed by atoms with van der Waals surface area (Å²) in [6, 6.07) is 4.64. The van der Waals surface area contributed by atoms with Crippen LogP contribution >= 0.6 is 0 Å². The lowest BCUT2D eigenvalue weighted by Crippen LogP contribution is -2.49. The predicted molar refractivity (Wildman–Crippen MR) is 78.5 cm³/mol. The molecule has 1 atom stereocenters. The van der Waals surface area contributed by atoms with E-state index in [1.807, 2.05) is 19.1 Å². The molecule has 0 radical (unpaired) electrons. The number of aliphatic hydroxyl groups excluding tert-OH is 1. The number of hydrogen-bond donors (Lipinski definition) is 1. The van der Waals surface area contributed by atoms with Crippen LogP contribution in [0.3, 0.4) is 0 Å². The highest BCUT2D eigenvalue weighted by Gasteiger charge is 2.20. The third-order valence-corrected chi connectivity index (χ3v) is 3.93. The second kappa shape index (κ2) is 5.88. The second-order valence-electron chi connectivity index (χ2n) is 5.64. The van der Waals surface area contributed by atoms with E-state index in [1.165, 1.54) is 0 Å². The molecule has 1 aliphatic heterocycles. The van der Waals surface area contributed by atoms with Crippen LogP contribution in [-0.4, -0.2) is 47.2 Å². The van der Waals surface area contributed by atoms with Gasteiger partial charge in [0.2, 0.25) is 0 Å². The van der Waals surface area contributed by atoms with Crippen LogP contribution in [0.15, 0.2) is 12.1 Å². The molecule has 1 aromatic heterocycles. The van der Waals surface area contributed by atoms with Gasteiger partial charge in [0.1, 0.15) is 5.82 Å². The van der Waals surface area contributed by atoms with Crippen molar-refractivity contribution in [2.75, 3.05) is 31.1 Å². The maximum atomic E-state index is 9.64. The van der Waals surface area contributed by atoms with E-state index < -0.39 is 6.10 Å². The van der Waals surface area contributed by atoms with Gasteiger partial charge in [0.25, 0.3) is 0 Å². The van der Waals surface area contributed by atoms with Crippen LogP contribution in [0.5, 0.6) is 0 Å². The summed E-state index contributed by atoms with van der Waals surface area (Å²) in [5.74, 6) is 1.03. The fourth-order valence-electron chi connectivity index (χ4n) is 2.64. The van der Waals surface area contributed by atoms with Crippen LogP contribution in [0.1, 0.15) is 38.1 Å². The Bertz CT molecular complexity index is 423. The third-order valence-electron chi connectivity index (χ3n) is 3.93. The lowest BCUT2D eigenvalue weighted by atomic mass is 10.1. The van der Waals surface area contributed by atoms with E-state index in [0.717, 1.165) is 43.3 Å². The Kier molecular flexibility index (Phi) is 4.42. The number of anilines is 1. The maximum absolute atomic E-state index is 9.64. The molecule has 0 amide bonds. The van der Waals surface area contributed by atoms with Gasteiger partial charge in [-0.05, 0) is 33.8 Å². The van der Waals surface area contributed by atoms with E-state index >= 15 is 0 Å². The number of aryl methyl sites for hydroxylation is 1. The minimum absolute atomic E-state index is 0.445. The molecule has 1 aliphatic rings. The Morgan fingerprint density at radius 2 is 1.74 bits per heavy atom. The summed E-state index contributed by atoms with van der Waals surface area (Å²) in [6.45, 7) is 12.5. The van der Waals surface area contributed by atoms with Gasteiger partial charge in [-0.15, -0.1) is 0 Å². The van der Waals surface area contributed by atoms with Crippen LogP contribution in [0.4, 0.5) is 5.82 Å². The molecule has 2 rings (SSSR count). The SMILES string of the molecule is Cc1nc(N2CCN(C(C)C)CC2)ccc1[C@@H](C)O. The smallest absolute Gasteiger partial charge is 0.128 e. The van der Waals surface area contributed by atoms with Gasteiger partial charge in [0.15, 0.2) is 0 Å². The molecule has 0 bridgehead atoms. The number of rotatable bonds is 3. The van der Waals surface area contributed by atoms with Crippen molar-refractivity contribution in [3.8, 4) is 0 Å². The second-order valence-corrected chi connectivity index (χ2v) is 5.64. The molecular formula is C15H25N3O. The summed E-state index contributed by atoms with van der Waals surface area (Å²) < 4.78 is 0. The predicted octanol–water partition coefficient (Wildman–Crippen LogP) is 1.97. The Balaban J connectivity index is 2.06. The highest BCUT2D eigenvalue weighted by atomic mass is 16.3. The summed E-state index contributed by atoms with van der Waals surface area (Å²) in [4.78, 5) is 9.46. The number of piperazine rings is 1. The van der Waals surface area contributed by atoms with Crippen molar-refractivity contribution >= 4 is 5.82 Å². The average molecular weight is 263 g/mol. The molecule has 0 aliphatic carbocycles. The summed E-state index contributed by atoms with van der Waals surface area (Å²) in [5, 5.41) is 9.64. The summed E-state index contributed by atoms with van der Waals surface area (Å²) in [7, 11) is 0. The molecule has 1 fully saturated rings. The van der Waals surface area contributed by atoms with E-state index in [-0.39, 0.29) is 0 Å². The van der Waals surface area contributed by atoms with Crippen LogP contribution in [0, 0.1) is 6.92 Å². The van der Waals surface area contributed by atoms with E-state index in [0.29, 0.717) is 6.04 Å². The first kappa shape index (κ1) is 14.3. The van der Waals surface area contributed by atoms with Gasteiger partial charge < -0.3 is 10.0 Å². The third kappa shape index (κ3) is 3.25. The first-order valence-corrected chi connectivity index (χ1v) is 7.13. The number of aromatic nitrogens is 1. The highest BCUT2D eigenvalue weighted by Crippen LogP contribution is 2.21. The highest BCUT2D eigenvalue weighted by molar-refractivity contribution is 5.42. The molecule has 19 heavy (non-hydrogen) atoms. The fraction of sp³-hybridized carbons (Fsp3) is 0.667. The topological polar surface area (TPSA) is 39.6 Å². The van der Waals surface area contributed by atoms with E-state index in [9.17, 15) is 5.11 Å². The maximum Gasteiger partial charge on any atom is 0.128 e. The minimum atomic E-state index is -0.445. The van der Waals surface area contributed by atoms with E-state index in [4.69, 9.17) is 0 Å². The van der Waals surface area contributed by atoms with Crippen molar-refractivity contribution in [1.82, 2.24) is 9.88 Å². The van der Waals surface area contributed by atoms with Gasteiger partial charge in [0.05, 0.1) is 6.10 Å².